The van der Waals surface area contributed by atoms with Crippen molar-refractivity contribution in [2.75, 3.05) is 26.0 Å². The van der Waals surface area contributed by atoms with Gasteiger partial charge in [-0.1, -0.05) is 29.5 Å². The van der Waals surface area contributed by atoms with Crippen molar-refractivity contribution in [2.24, 2.45) is 0 Å². The lowest BCUT2D eigenvalue weighted by atomic mass is 10.2. The third kappa shape index (κ3) is 6.09. The number of halogens is 1. The van der Waals surface area contributed by atoms with E-state index in [9.17, 15) is 4.79 Å². The Morgan fingerprint density at radius 3 is 2.89 bits per heavy atom. The molecule has 3 aromatic heterocycles. The molecule has 1 aromatic carbocycles. The number of carbonyl (C=O) groups excluding carboxylic acids is 1. The van der Waals surface area contributed by atoms with Crippen molar-refractivity contribution in [1.82, 2.24) is 25.2 Å². The molecular formula is C26H23ClN6O3S. The van der Waals surface area contributed by atoms with Crippen molar-refractivity contribution in [3.05, 3.63) is 64.9 Å². The van der Waals surface area contributed by atoms with Gasteiger partial charge in [0.25, 0.3) is 0 Å². The molecule has 4 aromatic rings. The minimum atomic E-state index is -0.347. The van der Waals surface area contributed by atoms with Crippen LogP contribution in [0.2, 0.25) is 5.02 Å². The van der Waals surface area contributed by atoms with Crippen molar-refractivity contribution in [3.8, 4) is 23.5 Å². The average molecular weight is 535 g/mol. The Morgan fingerprint density at radius 1 is 1.22 bits per heavy atom. The van der Waals surface area contributed by atoms with Gasteiger partial charge in [0, 0.05) is 45.0 Å². The molecular weight excluding hydrogens is 512 g/mol. The highest BCUT2D eigenvalue weighted by molar-refractivity contribution is 7.19. The van der Waals surface area contributed by atoms with Gasteiger partial charge in [0.15, 0.2) is 0 Å². The lowest BCUT2D eigenvalue weighted by Crippen LogP contribution is -2.29. The second kappa shape index (κ2) is 11.0. The average Bonchev–Trinajstić information content (AvgIpc) is 3.52. The molecule has 2 atom stereocenters. The van der Waals surface area contributed by atoms with Gasteiger partial charge >= 0.3 is 6.09 Å². The number of pyridine rings is 1. The zero-order chi connectivity index (χ0) is 25.8. The number of aromatic nitrogens is 3. The van der Waals surface area contributed by atoms with E-state index in [2.05, 4.69) is 37.4 Å². The van der Waals surface area contributed by atoms with E-state index >= 15 is 0 Å². The molecule has 37 heavy (non-hydrogen) atoms. The predicted molar refractivity (Wildman–Crippen MR) is 144 cm³/mol. The summed E-state index contributed by atoms with van der Waals surface area (Å²) in [6.07, 6.45) is 3.28. The first-order valence-electron chi connectivity index (χ1n) is 11.5. The molecule has 2 N–H and O–H groups in total. The number of hydrogen-bond donors (Lipinski definition) is 2. The van der Waals surface area contributed by atoms with Gasteiger partial charge in [-0.2, -0.15) is 0 Å². The Labute approximate surface area is 222 Å². The maximum Gasteiger partial charge on any atom is 0.409 e. The third-order valence-corrected chi connectivity index (χ3v) is 6.72. The van der Waals surface area contributed by atoms with Crippen molar-refractivity contribution < 1.29 is 14.3 Å². The summed E-state index contributed by atoms with van der Waals surface area (Å²) in [6.45, 7) is 0.582. The van der Waals surface area contributed by atoms with Gasteiger partial charge in [0.05, 0.1) is 21.3 Å². The zero-order valence-electron chi connectivity index (χ0n) is 20.1. The molecule has 0 aliphatic carbocycles. The monoisotopic (exact) mass is 534 g/mol. The van der Waals surface area contributed by atoms with Crippen LogP contribution in [0.1, 0.15) is 11.3 Å². The Hall–Kier alpha value is -3.91. The summed E-state index contributed by atoms with van der Waals surface area (Å²) >= 11 is 7.94. The molecule has 1 aliphatic heterocycles. The Kier molecular flexibility index (Phi) is 7.37. The standard InChI is InChI=1S/C26H23ClN6O3S/c1-33(2)26(34)35-18-11-16(29-14-18)6-8-19-13-20-24(30-15-31-25(20)37-19)32-17-7-9-22(21(27)12-17)36-23-5-3-4-10-28-23/h3-5,7,9-10,12-13,15-16,18,29H,11,14H2,1-2H3,(H,30,31,32). The van der Waals surface area contributed by atoms with Crippen molar-refractivity contribution in [3.63, 3.8) is 0 Å². The minimum absolute atomic E-state index is 0.0529. The molecule has 9 nitrogen and oxygen atoms in total. The molecule has 4 heterocycles. The Morgan fingerprint density at radius 2 is 2.11 bits per heavy atom. The summed E-state index contributed by atoms with van der Waals surface area (Å²) in [6, 6.07) is 12.7. The largest absolute Gasteiger partial charge is 0.445 e. The van der Waals surface area contributed by atoms with Gasteiger partial charge in [0.2, 0.25) is 5.88 Å². The number of rotatable bonds is 5. The summed E-state index contributed by atoms with van der Waals surface area (Å²) in [5.41, 5.74) is 0.755. The second-order valence-corrected chi connectivity index (χ2v) is 9.90. The molecule has 1 saturated heterocycles. The molecule has 1 fully saturated rings. The first-order chi connectivity index (χ1) is 17.9. The summed E-state index contributed by atoms with van der Waals surface area (Å²) in [5, 5.41) is 7.90. The van der Waals surface area contributed by atoms with Crippen LogP contribution in [-0.4, -0.2) is 58.7 Å². The maximum absolute atomic E-state index is 11.8. The third-order valence-electron chi connectivity index (χ3n) is 5.47. The number of amides is 1. The molecule has 188 valence electrons. The van der Waals surface area contributed by atoms with Gasteiger partial charge in [-0.3, -0.25) is 5.32 Å². The topological polar surface area (TPSA) is 102 Å². The Balaban J connectivity index is 1.27. The number of nitrogens with one attached hydrogen (secondary N) is 2. The highest BCUT2D eigenvalue weighted by atomic mass is 35.5. The zero-order valence-corrected chi connectivity index (χ0v) is 21.6. The molecule has 5 rings (SSSR count). The first kappa shape index (κ1) is 24.8. The fourth-order valence-corrected chi connectivity index (χ4v) is 4.72. The molecule has 0 saturated carbocycles. The summed E-state index contributed by atoms with van der Waals surface area (Å²) in [4.78, 5) is 27.8. The van der Waals surface area contributed by atoms with Crippen LogP contribution >= 0.6 is 22.9 Å². The molecule has 1 amide bonds. The number of hydrogen-bond acceptors (Lipinski definition) is 9. The van der Waals surface area contributed by atoms with Crippen LogP contribution in [0.15, 0.2) is 55.0 Å². The SMILES string of the molecule is CN(C)C(=O)OC1CNC(C#Cc2cc3c(Nc4ccc(Oc5ccccn5)c(Cl)c4)ncnc3s2)C1. The van der Waals surface area contributed by atoms with Crippen molar-refractivity contribution in [1.29, 1.82) is 0 Å². The van der Waals surface area contributed by atoms with Crippen LogP contribution in [0.25, 0.3) is 10.2 Å². The number of ether oxygens (including phenoxy) is 2. The fraction of sp³-hybridized carbons (Fsp3) is 0.231. The molecule has 2 unspecified atom stereocenters. The number of anilines is 2. The van der Waals surface area contributed by atoms with E-state index in [4.69, 9.17) is 21.1 Å². The van der Waals surface area contributed by atoms with E-state index in [-0.39, 0.29) is 18.2 Å². The molecule has 0 radical (unpaired) electrons. The van der Waals surface area contributed by atoms with Crippen LogP contribution in [0, 0.1) is 11.8 Å². The van der Waals surface area contributed by atoms with Crippen molar-refractivity contribution in [2.45, 2.75) is 18.6 Å². The van der Waals surface area contributed by atoms with Crippen LogP contribution in [-0.2, 0) is 4.74 Å². The molecule has 0 spiro atoms. The molecule has 1 aliphatic rings. The predicted octanol–water partition coefficient (Wildman–Crippen LogP) is 5.06. The maximum atomic E-state index is 11.8. The first-order valence-corrected chi connectivity index (χ1v) is 12.7. The number of fused-ring (bicyclic) bond motifs is 1. The Bertz CT molecular complexity index is 1480. The number of benzene rings is 1. The van der Waals surface area contributed by atoms with Gasteiger partial charge in [-0.05, 0) is 30.3 Å². The van der Waals surface area contributed by atoms with Crippen LogP contribution in [0.3, 0.4) is 0 Å². The minimum Gasteiger partial charge on any atom is -0.445 e. The number of nitrogens with zero attached hydrogens (tertiary/aromatic N) is 4. The molecule has 11 heteroatoms. The summed E-state index contributed by atoms with van der Waals surface area (Å²) < 4.78 is 11.2. The highest BCUT2D eigenvalue weighted by Gasteiger charge is 2.26. The van der Waals surface area contributed by atoms with Gasteiger partial charge in [-0.15, -0.1) is 11.3 Å². The van der Waals surface area contributed by atoms with Crippen LogP contribution in [0.5, 0.6) is 11.6 Å². The van der Waals surface area contributed by atoms with E-state index in [0.717, 1.165) is 20.8 Å². The van der Waals surface area contributed by atoms with E-state index in [1.54, 1.807) is 38.5 Å². The smallest absolute Gasteiger partial charge is 0.409 e. The van der Waals surface area contributed by atoms with E-state index in [0.29, 0.717) is 35.4 Å². The number of carbonyl (C=O) groups is 1. The normalized spacial score (nSPS) is 16.6. The van der Waals surface area contributed by atoms with E-state index < -0.39 is 0 Å². The lowest BCUT2D eigenvalue weighted by molar-refractivity contribution is 0.0826. The second-order valence-electron chi connectivity index (χ2n) is 8.46. The highest BCUT2D eigenvalue weighted by Crippen LogP contribution is 2.34. The summed E-state index contributed by atoms with van der Waals surface area (Å²) in [7, 11) is 3.33. The fourth-order valence-electron chi connectivity index (χ4n) is 3.64. The van der Waals surface area contributed by atoms with Gasteiger partial charge in [0.1, 0.15) is 28.8 Å². The van der Waals surface area contributed by atoms with Crippen molar-refractivity contribution >= 4 is 50.8 Å². The van der Waals surface area contributed by atoms with Gasteiger partial charge < -0.3 is 19.7 Å². The van der Waals surface area contributed by atoms with E-state index in [1.165, 1.54) is 22.6 Å². The molecule has 0 bridgehead atoms. The number of thiophene rings is 1. The quantitative estimate of drug-likeness (QED) is 0.343. The van der Waals surface area contributed by atoms with Crippen LogP contribution in [0.4, 0.5) is 16.3 Å². The van der Waals surface area contributed by atoms with Gasteiger partial charge in [-0.25, -0.2) is 19.7 Å². The summed E-state index contributed by atoms with van der Waals surface area (Å²) in [5.74, 6) is 8.08. The lowest BCUT2D eigenvalue weighted by Gasteiger charge is -2.15. The van der Waals surface area contributed by atoms with E-state index in [1.807, 2.05) is 24.3 Å². The van der Waals surface area contributed by atoms with Crippen LogP contribution < -0.4 is 15.4 Å².